The molecule has 0 saturated carbocycles. The molecule has 2 aliphatic heterocycles. The van der Waals surface area contributed by atoms with Gasteiger partial charge in [-0.2, -0.15) is 0 Å². The monoisotopic (exact) mass is 299 g/mol. The summed E-state index contributed by atoms with van der Waals surface area (Å²) in [4.78, 5) is 37.8. The molecule has 0 aliphatic carbocycles. The van der Waals surface area contributed by atoms with Gasteiger partial charge in [-0.25, -0.2) is 9.59 Å². The molecule has 0 bridgehead atoms. The fraction of sp³-hybridized carbons (Fsp3) is 0.769. The van der Waals surface area contributed by atoms with Crippen molar-refractivity contribution in [3.63, 3.8) is 0 Å². The van der Waals surface area contributed by atoms with Gasteiger partial charge in [-0.1, -0.05) is 0 Å². The summed E-state index contributed by atoms with van der Waals surface area (Å²) in [6.45, 7) is 2.46. The van der Waals surface area contributed by atoms with Crippen LogP contribution in [0.5, 0.6) is 0 Å². The van der Waals surface area contributed by atoms with E-state index >= 15 is 0 Å². The van der Waals surface area contributed by atoms with Crippen LogP contribution in [0.2, 0.25) is 0 Å². The van der Waals surface area contributed by atoms with Crippen molar-refractivity contribution in [1.82, 2.24) is 15.1 Å². The maximum Gasteiger partial charge on any atom is 0.334 e. The molecule has 0 radical (unpaired) electrons. The fourth-order valence-corrected chi connectivity index (χ4v) is 2.50. The number of urea groups is 1. The van der Waals surface area contributed by atoms with Gasteiger partial charge >= 0.3 is 12.0 Å². The number of carbonyl (C=O) groups excluding carboxylic acids is 2. The first-order valence-electron chi connectivity index (χ1n) is 7.23. The number of aliphatic carboxylic acids is 1. The maximum absolute atomic E-state index is 11.9. The zero-order valence-electron chi connectivity index (χ0n) is 11.9. The molecule has 0 aromatic rings. The van der Waals surface area contributed by atoms with E-state index in [-0.39, 0.29) is 38.1 Å². The summed E-state index contributed by atoms with van der Waals surface area (Å²) in [6.07, 6.45) is 1.39. The maximum atomic E-state index is 11.9. The molecule has 0 spiro atoms. The third-order valence-corrected chi connectivity index (χ3v) is 3.70. The van der Waals surface area contributed by atoms with Crippen molar-refractivity contribution in [2.75, 3.05) is 39.3 Å². The van der Waals surface area contributed by atoms with Crippen molar-refractivity contribution < 1.29 is 24.2 Å². The SMILES string of the molecule is O=C(O)C1CN(C(=O)NCCC(=O)N2CCCC2)CCO1. The first-order valence-corrected chi connectivity index (χ1v) is 7.23. The third kappa shape index (κ3) is 4.32. The highest BCUT2D eigenvalue weighted by Gasteiger charge is 2.29. The van der Waals surface area contributed by atoms with Crippen LogP contribution in [0.4, 0.5) is 4.79 Å². The number of hydrogen-bond donors (Lipinski definition) is 2. The highest BCUT2D eigenvalue weighted by Crippen LogP contribution is 2.09. The van der Waals surface area contributed by atoms with Crippen LogP contribution in [0.1, 0.15) is 19.3 Å². The van der Waals surface area contributed by atoms with E-state index in [1.165, 1.54) is 4.90 Å². The molecular formula is C13H21N3O5. The number of likely N-dealkylation sites (tertiary alicyclic amines) is 1. The minimum atomic E-state index is -1.07. The Bertz CT molecular complexity index is 409. The topological polar surface area (TPSA) is 99.2 Å². The smallest absolute Gasteiger partial charge is 0.334 e. The molecule has 2 aliphatic rings. The summed E-state index contributed by atoms with van der Waals surface area (Å²) in [5.41, 5.74) is 0. The molecule has 8 nitrogen and oxygen atoms in total. The van der Waals surface area contributed by atoms with Crippen LogP contribution in [0, 0.1) is 0 Å². The Balaban J connectivity index is 1.69. The lowest BCUT2D eigenvalue weighted by molar-refractivity contribution is -0.154. The van der Waals surface area contributed by atoms with Gasteiger partial charge in [-0.15, -0.1) is 0 Å². The Kier molecular flexibility index (Phi) is 5.38. The second kappa shape index (κ2) is 7.26. The normalized spacial score (nSPS) is 22.2. The summed E-state index contributed by atoms with van der Waals surface area (Å²) in [5.74, 6) is -1.02. The second-order valence-electron chi connectivity index (χ2n) is 5.21. The molecule has 0 aromatic heterocycles. The lowest BCUT2D eigenvalue weighted by Crippen LogP contribution is -2.52. The fourth-order valence-electron chi connectivity index (χ4n) is 2.50. The van der Waals surface area contributed by atoms with Gasteiger partial charge in [0.15, 0.2) is 6.10 Å². The Morgan fingerprint density at radius 3 is 2.52 bits per heavy atom. The van der Waals surface area contributed by atoms with Gasteiger partial charge in [-0.05, 0) is 12.8 Å². The van der Waals surface area contributed by atoms with Crippen LogP contribution >= 0.6 is 0 Å². The molecule has 1 atom stereocenters. The van der Waals surface area contributed by atoms with E-state index < -0.39 is 12.1 Å². The Morgan fingerprint density at radius 2 is 1.86 bits per heavy atom. The van der Waals surface area contributed by atoms with Crippen LogP contribution in [0.25, 0.3) is 0 Å². The van der Waals surface area contributed by atoms with Gasteiger partial charge in [-0.3, -0.25) is 4.79 Å². The van der Waals surface area contributed by atoms with Crippen LogP contribution in [0.15, 0.2) is 0 Å². The van der Waals surface area contributed by atoms with E-state index in [9.17, 15) is 14.4 Å². The molecule has 2 N–H and O–H groups in total. The Hall–Kier alpha value is -1.83. The number of rotatable bonds is 4. The van der Waals surface area contributed by atoms with Crippen LogP contribution in [-0.4, -0.2) is 78.2 Å². The predicted octanol–water partition coefficient (Wildman–Crippen LogP) is -0.506. The molecule has 118 valence electrons. The molecule has 1 unspecified atom stereocenters. The van der Waals surface area contributed by atoms with Gasteiger partial charge in [0, 0.05) is 32.6 Å². The number of carboxylic acids is 1. The van der Waals surface area contributed by atoms with Gasteiger partial charge < -0.3 is 25.0 Å². The Labute approximate surface area is 123 Å². The van der Waals surface area contributed by atoms with Gasteiger partial charge in [0.2, 0.25) is 5.91 Å². The highest BCUT2D eigenvalue weighted by atomic mass is 16.5. The third-order valence-electron chi connectivity index (χ3n) is 3.70. The molecule has 0 aromatic carbocycles. The van der Waals surface area contributed by atoms with Gasteiger partial charge in [0.05, 0.1) is 13.2 Å². The van der Waals surface area contributed by atoms with Crippen molar-refractivity contribution in [2.45, 2.75) is 25.4 Å². The minimum absolute atomic E-state index is 0.0290. The number of nitrogens with one attached hydrogen (secondary N) is 1. The summed E-state index contributed by atoms with van der Waals surface area (Å²) >= 11 is 0. The van der Waals surface area contributed by atoms with Crippen LogP contribution in [0.3, 0.4) is 0 Å². The minimum Gasteiger partial charge on any atom is -0.479 e. The average Bonchev–Trinajstić information content (AvgIpc) is 3.01. The van der Waals surface area contributed by atoms with E-state index in [1.54, 1.807) is 4.90 Å². The molecule has 2 heterocycles. The number of nitrogens with zero attached hydrogens (tertiary/aromatic N) is 2. The van der Waals surface area contributed by atoms with Gasteiger partial charge in [0.1, 0.15) is 0 Å². The van der Waals surface area contributed by atoms with Crippen LogP contribution in [-0.2, 0) is 14.3 Å². The van der Waals surface area contributed by atoms with Crippen molar-refractivity contribution >= 4 is 17.9 Å². The number of morpholine rings is 1. The first-order chi connectivity index (χ1) is 10.1. The van der Waals surface area contributed by atoms with E-state index in [0.29, 0.717) is 6.54 Å². The molecule has 3 amide bonds. The zero-order chi connectivity index (χ0) is 15.2. The average molecular weight is 299 g/mol. The van der Waals surface area contributed by atoms with Gasteiger partial charge in [0.25, 0.3) is 0 Å². The lowest BCUT2D eigenvalue weighted by atomic mass is 10.3. The van der Waals surface area contributed by atoms with E-state index in [1.807, 2.05) is 0 Å². The summed E-state index contributed by atoms with van der Waals surface area (Å²) in [7, 11) is 0. The number of hydrogen-bond acceptors (Lipinski definition) is 4. The largest absolute Gasteiger partial charge is 0.479 e. The van der Waals surface area contributed by atoms with Crippen LogP contribution < -0.4 is 5.32 Å². The summed E-state index contributed by atoms with van der Waals surface area (Å²) in [6, 6.07) is -0.348. The Morgan fingerprint density at radius 1 is 1.14 bits per heavy atom. The van der Waals surface area contributed by atoms with E-state index in [4.69, 9.17) is 9.84 Å². The molecule has 21 heavy (non-hydrogen) atoms. The predicted molar refractivity (Wildman–Crippen MR) is 72.8 cm³/mol. The van der Waals surface area contributed by atoms with Crippen molar-refractivity contribution in [1.29, 1.82) is 0 Å². The number of carbonyl (C=O) groups is 3. The standard InChI is InChI=1S/C13H21N3O5/c17-11(15-5-1-2-6-15)3-4-14-13(20)16-7-8-21-10(9-16)12(18)19/h10H,1-9H2,(H,14,20)(H,18,19). The van der Waals surface area contributed by atoms with E-state index in [2.05, 4.69) is 5.32 Å². The van der Waals surface area contributed by atoms with Crippen molar-refractivity contribution in [3.8, 4) is 0 Å². The van der Waals surface area contributed by atoms with Crippen molar-refractivity contribution in [3.05, 3.63) is 0 Å². The first kappa shape index (κ1) is 15.6. The summed E-state index contributed by atoms with van der Waals surface area (Å²) in [5, 5.41) is 11.5. The zero-order valence-corrected chi connectivity index (χ0v) is 11.9. The van der Waals surface area contributed by atoms with Crippen molar-refractivity contribution in [2.24, 2.45) is 0 Å². The molecule has 2 saturated heterocycles. The molecular weight excluding hydrogens is 278 g/mol. The number of carboxylic acid groups (broad SMARTS) is 1. The number of amides is 3. The highest BCUT2D eigenvalue weighted by molar-refractivity contribution is 5.79. The summed E-state index contributed by atoms with van der Waals surface area (Å²) < 4.78 is 5.05. The second-order valence-corrected chi connectivity index (χ2v) is 5.21. The molecule has 8 heteroatoms. The van der Waals surface area contributed by atoms with E-state index in [0.717, 1.165) is 25.9 Å². The molecule has 2 fully saturated rings. The lowest BCUT2D eigenvalue weighted by Gasteiger charge is -2.30. The number of ether oxygens (including phenoxy) is 1. The molecule has 2 rings (SSSR count). The quantitative estimate of drug-likeness (QED) is 0.728.